The van der Waals surface area contributed by atoms with E-state index >= 15 is 0 Å². The van der Waals surface area contributed by atoms with Gasteiger partial charge >= 0.3 is 11.9 Å². The molecule has 1 fully saturated rings. The number of amides is 1. The van der Waals surface area contributed by atoms with E-state index in [1.165, 1.54) is 4.90 Å². The zero-order valence-corrected chi connectivity index (χ0v) is 16.9. The van der Waals surface area contributed by atoms with Gasteiger partial charge in [0.1, 0.15) is 0 Å². The van der Waals surface area contributed by atoms with E-state index in [4.69, 9.17) is 9.47 Å². The SMILES string of the molecule is CCOC(=O)c1ccc(N2C[C@H](C(=O)OCC(=O)c3ccc(C)cc3)CC2=O)cc1. The van der Waals surface area contributed by atoms with Crippen LogP contribution in [0.1, 0.15) is 39.6 Å². The van der Waals surface area contributed by atoms with Crippen LogP contribution in [-0.4, -0.2) is 43.4 Å². The van der Waals surface area contributed by atoms with Crippen LogP contribution in [0.3, 0.4) is 0 Å². The van der Waals surface area contributed by atoms with Crippen LogP contribution >= 0.6 is 0 Å². The molecule has 0 bridgehead atoms. The number of rotatable bonds is 7. The minimum absolute atomic E-state index is 0.0111. The van der Waals surface area contributed by atoms with Crippen LogP contribution < -0.4 is 4.90 Å². The van der Waals surface area contributed by atoms with Gasteiger partial charge in [0.2, 0.25) is 5.91 Å². The van der Waals surface area contributed by atoms with Crippen LogP contribution in [0.25, 0.3) is 0 Å². The number of aryl methyl sites for hydroxylation is 1. The maximum Gasteiger partial charge on any atom is 0.338 e. The van der Waals surface area contributed by atoms with Gasteiger partial charge in [0, 0.05) is 24.2 Å². The summed E-state index contributed by atoms with van der Waals surface area (Å²) in [5.74, 6) is -2.16. The summed E-state index contributed by atoms with van der Waals surface area (Å²) in [5, 5.41) is 0. The van der Waals surface area contributed by atoms with E-state index in [-0.39, 0.29) is 37.9 Å². The number of esters is 2. The predicted octanol–water partition coefficient (Wildman–Crippen LogP) is 2.95. The van der Waals surface area contributed by atoms with Gasteiger partial charge in [-0.3, -0.25) is 14.4 Å². The van der Waals surface area contributed by atoms with Gasteiger partial charge in [-0.25, -0.2) is 4.79 Å². The number of hydrogen-bond acceptors (Lipinski definition) is 6. The Morgan fingerprint density at radius 2 is 1.60 bits per heavy atom. The first-order valence-electron chi connectivity index (χ1n) is 9.73. The molecule has 7 nitrogen and oxygen atoms in total. The third-order valence-electron chi connectivity index (χ3n) is 4.87. The molecular weight excluding hydrogens is 386 g/mol. The highest BCUT2D eigenvalue weighted by Crippen LogP contribution is 2.26. The molecule has 0 spiro atoms. The van der Waals surface area contributed by atoms with Crippen molar-refractivity contribution in [1.82, 2.24) is 0 Å². The summed E-state index contributed by atoms with van der Waals surface area (Å²) in [4.78, 5) is 50.1. The van der Waals surface area contributed by atoms with Gasteiger partial charge in [0.25, 0.3) is 0 Å². The maximum atomic E-state index is 12.4. The molecule has 1 saturated heterocycles. The largest absolute Gasteiger partial charge is 0.462 e. The molecule has 3 rings (SSSR count). The number of carbonyl (C=O) groups excluding carboxylic acids is 4. The molecule has 0 aliphatic carbocycles. The number of ether oxygens (including phenoxy) is 2. The molecule has 1 aliphatic rings. The number of carbonyl (C=O) groups is 4. The standard InChI is InChI=1S/C23H23NO6/c1-3-29-22(27)17-8-10-19(11-9-17)24-13-18(12-21(24)26)23(28)30-14-20(25)16-6-4-15(2)5-7-16/h4-11,18H,3,12-14H2,1-2H3/t18-/m1/s1. The minimum Gasteiger partial charge on any atom is -0.462 e. The van der Waals surface area contributed by atoms with Crippen molar-refractivity contribution in [1.29, 1.82) is 0 Å². The number of ketones is 1. The maximum absolute atomic E-state index is 12.4. The number of benzene rings is 2. The normalized spacial score (nSPS) is 15.7. The van der Waals surface area contributed by atoms with E-state index in [0.29, 0.717) is 16.8 Å². The van der Waals surface area contributed by atoms with Gasteiger partial charge in [0.05, 0.1) is 18.1 Å². The molecule has 0 aromatic heterocycles. The van der Waals surface area contributed by atoms with Crippen LogP contribution in [0, 0.1) is 12.8 Å². The lowest BCUT2D eigenvalue weighted by Crippen LogP contribution is -2.27. The Hall–Kier alpha value is -3.48. The Morgan fingerprint density at radius 3 is 2.23 bits per heavy atom. The lowest BCUT2D eigenvalue weighted by atomic mass is 10.1. The number of Topliss-reactive ketones (excluding diaryl/α,β-unsaturated/α-hetero) is 1. The van der Waals surface area contributed by atoms with E-state index in [0.717, 1.165) is 5.56 Å². The van der Waals surface area contributed by atoms with Gasteiger partial charge < -0.3 is 14.4 Å². The van der Waals surface area contributed by atoms with E-state index < -0.39 is 17.9 Å². The monoisotopic (exact) mass is 409 g/mol. The highest BCUT2D eigenvalue weighted by molar-refractivity contribution is 6.01. The summed E-state index contributed by atoms with van der Waals surface area (Å²) in [6.07, 6.45) is 0.0111. The second-order valence-corrected chi connectivity index (χ2v) is 7.07. The molecule has 1 aliphatic heterocycles. The molecule has 0 N–H and O–H groups in total. The molecular formula is C23H23NO6. The Balaban J connectivity index is 1.57. The highest BCUT2D eigenvalue weighted by Gasteiger charge is 2.36. The highest BCUT2D eigenvalue weighted by atomic mass is 16.5. The van der Waals surface area contributed by atoms with E-state index in [2.05, 4.69) is 0 Å². The summed E-state index contributed by atoms with van der Waals surface area (Å²) in [6.45, 7) is 3.72. The third kappa shape index (κ3) is 4.92. The summed E-state index contributed by atoms with van der Waals surface area (Å²) in [7, 11) is 0. The molecule has 156 valence electrons. The van der Waals surface area contributed by atoms with Gasteiger partial charge in [-0.05, 0) is 38.1 Å². The Morgan fingerprint density at radius 1 is 0.967 bits per heavy atom. The zero-order chi connectivity index (χ0) is 21.7. The van der Waals surface area contributed by atoms with Crippen molar-refractivity contribution in [3.63, 3.8) is 0 Å². The Kier molecular flexibility index (Phi) is 6.61. The molecule has 1 heterocycles. The van der Waals surface area contributed by atoms with Gasteiger partial charge in [-0.2, -0.15) is 0 Å². The van der Waals surface area contributed by atoms with Crippen molar-refractivity contribution in [3.8, 4) is 0 Å². The summed E-state index contributed by atoms with van der Waals surface area (Å²) >= 11 is 0. The molecule has 7 heteroatoms. The van der Waals surface area contributed by atoms with Crippen LogP contribution in [-0.2, 0) is 19.1 Å². The third-order valence-corrected chi connectivity index (χ3v) is 4.87. The number of anilines is 1. The molecule has 2 aromatic rings. The first-order chi connectivity index (χ1) is 14.4. The van der Waals surface area contributed by atoms with Crippen LogP contribution in [0.4, 0.5) is 5.69 Å². The zero-order valence-electron chi connectivity index (χ0n) is 16.9. The first kappa shape index (κ1) is 21.2. The van der Waals surface area contributed by atoms with E-state index in [1.807, 2.05) is 19.1 Å². The second kappa shape index (κ2) is 9.35. The van der Waals surface area contributed by atoms with E-state index in [9.17, 15) is 19.2 Å². The predicted molar refractivity (Wildman–Crippen MR) is 109 cm³/mol. The van der Waals surface area contributed by atoms with Crippen LogP contribution in [0.2, 0.25) is 0 Å². The lowest BCUT2D eigenvalue weighted by Gasteiger charge is -2.17. The van der Waals surface area contributed by atoms with E-state index in [1.54, 1.807) is 43.3 Å². The summed E-state index contributed by atoms with van der Waals surface area (Å²) < 4.78 is 10.1. The van der Waals surface area contributed by atoms with Crippen molar-refractivity contribution >= 4 is 29.3 Å². The lowest BCUT2D eigenvalue weighted by molar-refractivity contribution is -0.147. The minimum atomic E-state index is -0.645. The van der Waals surface area contributed by atoms with Gasteiger partial charge in [-0.15, -0.1) is 0 Å². The second-order valence-electron chi connectivity index (χ2n) is 7.07. The molecule has 30 heavy (non-hydrogen) atoms. The first-order valence-corrected chi connectivity index (χ1v) is 9.73. The molecule has 2 aromatic carbocycles. The van der Waals surface area contributed by atoms with Crippen molar-refractivity contribution in [2.45, 2.75) is 20.3 Å². The fraction of sp³-hybridized carbons (Fsp3) is 0.304. The molecule has 0 unspecified atom stereocenters. The number of nitrogens with zero attached hydrogens (tertiary/aromatic N) is 1. The Labute approximate surface area is 174 Å². The molecule has 0 saturated carbocycles. The quantitative estimate of drug-likeness (QED) is 0.516. The van der Waals surface area contributed by atoms with Crippen molar-refractivity contribution in [2.24, 2.45) is 5.92 Å². The van der Waals surface area contributed by atoms with Gasteiger partial charge in [-0.1, -0.05) is 29.8 Å². The fourth-order valence-corrected chi connectivity index (χ4v) is 3.18. The molecule has 0 radical (unpaired) electrons. The topological polar surface area (TPSA) is 90.0 Å². The van der Waals surface area contributed by atoms with Crippen LogP contribution in [0.15, 0.2) is 48.5 Å². The van der Waals surface area contributed by atoms with Crippen molar-refractivity contribution in [3.05, 3.63) is 65.2 Å². The smallest absolute Gasteiger partial charge is 0.338 e. The Bertz CT molecular complexity index is 949. The van der Waals surface area contributed by atoms with Crippen molar-refractivity contribution in [2.75, 3.05) is 24.7 Å². The summed E-state index contributed by atoms with van der Waals surface area (Å²) in [6, 6.07) is 13.4. The van der Waals surface area contributed by atoms with Crippen molar-refractivity contribution < 1.29 is 28.7 Å². The average Bonchev–Trinajstić information content (AvgIpc) is 3.14. The molecule has 1 amide bonds. The van der Waals surface area contributed by atoms with Gasteiger partial charge in [0.15, 0.2) is 12.4 Å². The average molecular weight is 409 g/mol. The van der Waals surface area contributed by atoms with Crippen LogP contribution in [0.5, 0.6) is 0 Å². The molecule has 1 atom stereocenters. The number of hydrogen-bond donors (Lipinski definition) is 0. The fourth-order valence-electron chi connectivity index (χ4n) is 3.18. The summed E-state index contributed by atoms with van der Waals surface area (Å²) in [5.41, 5.74) is 2.47.